The molecular formula is C22H31NO5. The maximum absolute atomic E-state index is 9.10. The van der Waals surface area contributed by atoms with E-state index in [1.54, 1.807) is 26.4 Å². The van der Waals surface area contributed by atoms with Crippen molar-refractivity contribution in [2.75, 3.05) is 13.7 Å². The number of nitrogens with one attached hydrogen (secondary N) is 1. The number of benzene rings is 1. The minimum atomic E-state index is -1.82. The third kappa shape index (κ3) is 5.25. The van der Waals surface area contributed by atoms with Crippen LogP contribution >= 0.6 is 0 Å². The first-order valence-electron chi connectivity index (χ1n) is 10.2. The minimum absolute atomic E-state index is 0.710. The number of hydrogen-bond acceptors (Lipinski definition) is 4. The third-order valence-electron chi connectivity index (χ3n) is 6.67. The van der Waals surface area contributed by atoms with Gasteiger partial charge in [0.1, 0.15) is 5.75 Å². The minimum Gasteiger partial charge on any atom is -0.497 e. The van der Waals surface area contributed by atoms with Gasteiger partial charge in [-0.3, -0.25) is 0 Å². The number of carboxylic acid groups (broad SMARTS) is 2. The van der Waals surface area contributed by atoms with Gasteiger partial charge in [-0.15, -0.1) is 0 Å². The van der Waals surface area contributed by atoms with E-state index in [0.717, 1.165) is 30.0 Å². The molecule has 28 heavy (non-hydrogen) atoms. The molecule has 1 aromatic rings. The van der Waals surface area contributed by atoms with Gasteiger partial charge in [-0.1, -0.05) is 12.1 Å². The van der Waals surface area contributed by atoms with Crippen molar-refractivity contribution in [2.24, 2.45) is 23.2 Å². The summed E-state index contributed by atoms with van der Waals surface area (Å²) in [6, 6.07) is 8.43. The van der Waals surface area contributed by atoms with Gasteiger partial charge in [-0.05, 0) is 92.4 Å². The van der Waals surface area contributed by atoms with Gasteiger partial charge in [0, 0.05) is 6.54 Å². The molecule has 154 valence electrons. The highest BCUT2D eigenvalue weighted by Crippen LogP contribution is 2.61. The molecule has 4 saturated carbocycles. The van der Waals surface area contributed by atoms with Crippen molar-refractivity contribution in [3.05, 3.63) is 29.8 Å². The van der Waals surface area contributed by atoms with E-state index in [1.807, 2.05) is 0 Å². The van der Waals surface area contributed by atoms with Gasteiger partial charge in [0.2, 0.25) is 0 Å². The van der Waals surface area contributed by atoms with Gasteiger partial charge in [-0.2, -0.15) is 0 Å². The molecule has 4 aliphatic carbocycles. The van der Waals surface area contributed by atoms with Crippen LogP contribution in [0.15, 0.2) is 24.3 Å². The predicted molar refractivity (Wildman–Crippen MR) is 105 cm³/mol. The molecule has 1 aromatic carbocycles. The molecule has 4 aliphatic rings. The standard InChI is InChI=1S/C20H29NO.C2H2O4/c1-22-19-4-2-15(3-5-19)14-21-7-6-20-11-16-8-17(12-20)10-18(9-16)13-20;3-1(4)2(5)6/h2-5,16-18,21H,6-14H2,1H3;(H,3,4)(H,5,6). The van der Waals surface area contributed by atoms with E-state index < -0.39 is 11.9 Å². The Balaban J connectivity index is 0.000000330. The summed E-state index contributed by atoms with van der Waals surface area (Å²) in [5.41, 5.74) is 2.06. The number of aliphatic carboxylic acids is 2. The molecule has 0 spiro atoms. The number of ether oxygens (including phenoxy) is 1. The Hall–Kier alpha value is -2.08. The van der Waals surface area contributed by atoms with E-state index in [1.165, 1.54) is 37.8 Å². The summed E-state index contributed by atoms with van der Waals surface area (Å²) in [6.07, 6.45) is 10.7. The average molecular weight is 389 g/mol. The SMILES string of the molecule is COc1ccc(CNCCC23CC4CC(CC(C4)C2)C3)cc1.O=C(O)C(=O)O. The van der Waals surface area contributed by atoms with Crippen molar-refractivity contribution < 1.29 is 24.5 Å². The van der Waals surface area contributed by atoms with Crippen LogP contribution in [0.5, 0.6) is 5.75 Å². The highest BCUT2D eigenvalue weighted by atomic mass is 16.5. The first kappa shape index (κ1) is 20.6. The zero-order valence-corrected chi connectivity index (χ0v) is 16.5. The molecular weight excluding hydrogens is 358 g/mol. The van der Waals surface area contributed by atoms with E-state index in [0.29, 0.717) is 5.41 Å². The Kier molecular flexibility index (Phi) is 6.60. The molecule has 0 aromatic heterocycles. The Morgan fingerprint density at radius 1 is 1.00 bits per heavy atom. The summed E-state index contributed by atoms with van der Waals surface area (Å²) in [5.74, 6) is 0.524. The number of carboxylic acids is 2. The predicted octanol–water partition coefficient (Wildman–Crippen LogP) is 3.55. The highest BCUT2D eigenvalue weighted by molar-refractivity contribution is 6.27. The van der Waals surface area contributed by atoms with E-state index in [2.05, 4.69) is 29.6 Å². The molecule has 0 heterocycles. The average Bonchev–Trinajstić information content (AvgIpc) is 2.65. The summed E-state index contributed by atoms with van der Waals surface area (Å²) >= 11 is 0. The van der Waals surface area contributed by atoms with E-state index >= 15 is 0 Å². The molecule has 6 nitrogen and oxygen atoms in total. The number of carbonyl (C=O) groups is 2. The lowest BCUT2D eigenvalue weighted by Gasteiger charge is -2.57. The monoisotopic (exact) mass is 389 g/mol. The van der Waals surface area contributed by atoms with Crippen molar-refractivity contribution in [3.8, 4) is 5.75 Å². The second-order valence-corrected chi connectivity index (χ2v) is 8.80. The summed E-state index contributed by atoms with van der Waals surface area (Å²) in [4.78, 5) is 18.2. The quantitative estimate of drug-likeness (QED) is 0.509. The van der Waals surface area contributed by atoms with Crippen molar-refractivity contribution in [1.29, 1.82) is 0 Å². The van der Waals surface area contributed by atoms with Gasteiger partial charge in [0.25, 0.3) is 0 Å². The first-order valence-corrected chi connectivity index (χ1v) is 10.2. The van der Waals surface area contributed by atoms with Crippen LogP contribution in [0.4, 0.5) is 0 Å². The Morgan fingerprint density at radius 3 is 1.93 bits per heavy atom. The van der Waals surface area contributed by atoms with Gasteiger partial charge in [0.05, 0.1) is 7.11 Å². The zero-order chi connectivity index (χ0) is 20.1. The second-order valence-electron chi connectivity index (χ2n) is 8.80. The molecule has 0 saturated heterocycles. The van der Waals surface area contributed by atoms with Crippen LogP contribution in [0, 0.1) is 23.2 Å². The van der Waals surface area contributed by atoms with Crippen LogP contribution in [-0.4, -0.2) is 35.8 Å². The molecule has 0 amide bonds. The molecule has 0 unspecified atom stereocenters. The Labute approximate surface area is 166 Å². The molecule has 0 radical (unpaired) electrons. The Bertz CT molecular complexity index is 637. The van der Waals surface area contributed by atoms with E-state index in [9.17, 15) is 0 Å². The van der Waals surface area contributed by atoms with Crippen LogP contribution in [0.2, 0.25) is 0 Å². The van der Waals surface area contributed by atoms with Crippen LogP contribution in [0.1, 0.15) is 50.5 Å². The van der Waals surface area contributed by atoms with Gasteiger partial charge in [-0.25, -0.2) is 9.59 Å². The summed E-state index contributed by atoms with van der Waals surface area (Å²) in [5, 5.41) is 18.5. The normalized spacial score (nSPS) is 29.7. The maximum Gasteiger partial charge on any atom is 0.414 e. The van der Waals surface area contributed by atoms with Gasteiger partial charge < -0.3 is 20.3 Å². The smallest absolute Gasteiger partial charge is 0.414 e. The largest absolute Gasteiger partial charge is 0.497 e. The fourth-order valence-electron chi connectivity index (χ4n) is 5.93. The number of rotatable bonds is 6. The second kappa shape index (κ2) is 8.95. The molecule has 6 heteroatoms. The van der Waals surface area contributed by atoms with Gasteiger partial charge >= 0.3 is 11.9 Å². The first-order chi connectivity index (χ1) is 13.4. The molecule has 3 N–H and O–H groups in total. The lowest BCUT2D eigenvalue weighted by molar-refractivity contribution is -0.159. The number of hydrogen-bond donors (Lipinski definition) is 3. The van der Waals surface area contributed by atoms with Crippen molar-refractivity contribution in [3.63, 3.8) is 0 Å². The van der Waals surface area contributed by atoms with Crippen molar-refractivity contribution >= 4 is 11.9 Å². The molecule has 5 rings (SSSR count). The summed E-state index contributed by atoms with van der Waals surface area (Å²) < 4.78 is 5.21. The zero-order valence-electron chi connectivity index (χ0n) is 16.5. The summed E-state index contributed by atoms with van der Waals surface area (Å²) in [6.45, 7) is 2.16. The van der Waals surface area contributed by atoms with Crippen LogP contribution in [0.3, 0.4) is 0 Å². The fraction of sp³-hybridized carbons (Fsp3) is 0.636. The van der Waals surface area contributed by atoms with Crippen molar-refractivity contribution in [1.82, 2.24) is 5.32 Å². The van der Waals surface area contributed by atoms with Crippen LogP contribution in [0.25, 0.3) is 0 Å². The number of methoxy groups -OCH3 is 1. The topological polar surface area (TPSA) is 95.9 Å². The molecule has 4 fully saturated rings. The Morgan fingerprint density at radius 2 is 1.50 bits per heavy atom. The lowest BCUT2D eigenvalue weighted by Crippen LogP contribution is -2.47. The van der Waals surface area contributed by atoms with Crippen molar-refractivity contribution in [2.45, 2.75) is 51.5 Å². The van der Waals surface area contributed by atoms with Crippen LogP contribution in [-0.2, 0) is 16.1 Å². The molecule has 4 bridgehead atoms. The maximum atomic E-state index is 9.10. The van der Waals surface area contributed by atoms with E-state index in [4.69, 9.17) is 24.5 Å². The third-order valence-corrected chi connectivity index (χ3v) is 6.67. The molecule has 0 atom stereocenters. The lowest BCUT2D eigenvalue weighted by atomic mass is 9.49. The molecule has 0 aliphatic heterocycles. The van der Waals surface area contributed by atoms with E-state index in [-0.39, 0.29) is 0 Å². The highest BCUT2D eigenvalue weighted by Gasteiger charge is 2.50. The van der Waals surface area contributed by atoms with Gasteiger partial charge in [0.15, 0.2) is 0 Å². The fourth-order valence-corrected chi connectivity index (χ4v) is 5.93. The van der Waals surface area contributed by atoms with Crippen LogP contribution < -0.4 is 10.1 Å². The summed E-state index contributed by atoms with van der Waals surface area (Å²) in [7, 11) is 1.72.